The average molecular weight is 317 g/mol. The van der Waals surface area contributed by atoms with Gasteiger partial charge in [-0.2, -0.15) is 20.4 Å². The van der Waals surface area contributed by atoms with Crippen molar-refractivity contribution in [3.63, 3.8) is 0 Å². The van der Waals surface area contributed by atoms with Crippen LogP contribution in [0, 0.1) is 5.92 Å². The summed E-state index contributed by atoms with van der Waals surface area (Å²) in [5, 5.41) is 14.6. The highest BCUT2D eigenvalue weighted by Gasteiger charge is 2.45. The van der Waals surface area contributed by atoms with Gasteiger partial charge in [0.2, 0.25) is 17.6 Å². The van der Waals surface area contributed by atoms with E-state index in [4.69, 9.17) is 4.52 Å². The first-order valence-corrected chi connectivity index (χ1v) is 7.28. The predicted molar refractivity (Wildman–Crippen MR) is 76.5 cm³/mol. The third-order valence-corrected chi connectivity index (χ3v) is 3.91. The van der Waals surface area contributed by atoms with Crippen LogP contribution in [0.15, 0.2) is 34.9 Å². The molecule has 0 aliphatic heterocycles. The number of hydrogen-bond donors (Lipinski definition) is 1. The summed E-state index contributed by atoms with van der Waals surface area (Å²) >= 11 is 0. The maximum Gasteiger partial charge on any atom is 0.248 e. The summed E-state index contributed by atoms with van der Waals surface area (Å²) in [6, 6.07) is 9.50. The third-order valence-electron chi connectivity index (χ3n) is 3.91. The summed E-state index contributed by atoms with van der Waals surface area (Å²) in [4.78, 5) is 4.26. The molecule has 1 aromatic carbocycles. The third kappa shape index (κ3) is 2.71. The second kappa shape index (κ2) is 5.22. The highest BCUT2D eigenvalue weighted by atomic mass is 19.3. The summed E-state index contributed by atoms with van der Waals surface area (Å²) in [6.45, 7) is 0. The topological polar surface area (TPSA) is 80.5 Å². The predicted octanol–water partition coefficient (Wildman–Crippen LogP) is 3.11. The van der Waals surface area contributed by atoms with E-state index in [1.807, 2.05) is 30.3 Å². The zero-order valence-corrected chi connectivity index (χ0v) is 12.0. The Morgan fingerprint density at radius 3 is 2.61 bits per heavy atom. The lowest BCUT2D eigenvalue weighted by molar-refractivity contribution is -0.111. The van der Waals surface area contributed by atoms with Gasteiger partial charge in [0.1, 0.15) is 5.69 Å². The molecule has 2 heterocycles. The van der Waals surface area contributed by atoms with Crippen LogP contribution in [0.25, 0.3) is 22.8 Å². The number of aromatic amines is 1. The lowest BCUT2D eigenvalue weighted by atomic mass is 9.79. The van der Waals surface area contributed by atoms with Crippen molar-refractivity contribution in [1.82, 2.24) is 25.6 Å². The SMILES string of the molecule is FC1(F)CC(Cc2nc(-c3n[nH]nc3-c3ccccc3)no2)C1. The van der Waals surface area contributed by atoms with Crippen LogP contribution in [-0.2, 0) is 6.42 Å². The highest BCUT2D eigenvalue weighted by molar-refractivity contribution is 5.73. The van der Waals surface area contributed by atoms with Gasteiger partial charge in [-0.3, -0.25) is 0 Å². The molecule has 3 aromatic rings. The molecule has 118 valence electrons. The smallest absolute Gasteiger partial charge is 0.248 e. The van der Waals surface area contributed by atoms with Crippen LogP contribution in [0.3, 0.4) is 0 Å². The quantitative estimate of drug-likeness (QED) is 0.799. The second-order valence-electron chi connectivity index (χ2n) is 5.73. The molecule has 0 unspecified atom stereocenters. The fourth-order valence-corrected chi connectivity index (χ4v) is 2.79. The van der Waals surface area contributed by atoms with E-state index in [0.29, 0.717) is 29.5 Å². The van der Waals surface area contributed by atoms with Gasteiger partial charge in [0.05, 0.1) is 0 Å². The fourth-order valence-electron chi connectivity index (χ4n) is 2.79. The molecule has 1 fully saturated rings. The van der Waals surface area contributed by atoms with Gasteiger partial charge in [-0.25, -0.2) is 8.78 Å². The van der Waals surface area contributed by atoms with Crippen molar-refractivity contribution >= 4 is 0 Å². The average Bonchev–Trinajstić information content (AvgIpc) is 3.14. The maximum absolute atomic E-state index is 12.9. The number of nitrogens with one attached hydrogen (secondary N) is 1. The van der Waals surface area contributed by atoms with Crippen LogP contribution in [0.5, 0.6) is 0 Å². The number of rotatable bonds is 4. The van der Waals surface area contributed by atoms with E-state index in [2.05, 4.69) is 25.6 Å². The zero-order valence-electron chi connectivity index (χ0n) is 12.0. The van der Waals surface area contributed by atoms with Crippen molar-refractivity contribution in [2.24, 2.45) is 5.92 Å². The van der Waals surface area contributed by atoms with Crippen molar-refractivity contribution in [2.75, 3.05) is 0 Å². The van der Waals surface area contributed by atoms with Gasteiger partial charge in [0.15, 0.2) is 5.69 Å². The number of nitrogens with zero attached hydrogens (tertiary/aromatic N) is 4. The van der Waals surface area contributed by atoms with E-state index in [9.17, 15) is 8.78 Å². The van der Waals surface area contributed by atoms with Crippen molar-refractivity contribution in [3.8, 4) is 22.8 Å². The Balaban J connectivity index is 1.55. The van der Waals surface area contributed by atoms with Gasteiger partial charge in [-0.15, -0.1) is 0 Å². The summed E-state index contributed by atoms with van der Waals surface area (Å²) in [6.07, 6.45) is 0.120. The number of aromatic nitrogens is 5. The number of H-pyrrole nitrogens is 1. The molecule has 8 heteroatoms. The Bertz CT molecular complexity index is 806. The summed E-state index contributed by atoms with van der Waals surface area (Å²) in [5.74, 6) is -1.99. The highest BCUT2D eigenvalue weighted by Crippen LogP contribution is 2.43. The molecule has 23 heavy (non-hydrogen) atoms. The fraction of sp³-hybridized carbons (Fsp3) is 0.333. The summed E-state index contributed by atoms with van der Waals surface area (Å²) in [5.41, 5.74) is 1.97. The summed E-state index contributed by atoms with van der Waals surface area (Å²) in [7, 11) is 0. The monoisotopic (exact) mass is 317 g/mol. The largest absolute Gasteiger partial charge is 0.339 e. The Hall–Kier alpha value is -2.64. The van der Waals surface area contributed by atoms with Crippen LogP contribution >= 0.6 is 0 Å². The van der Waals surface area contributed by atoms with Crippen LogP contribution in [0.4, 0.5) is 8.78 Å². The molecule has 1 aliphatic carbocycles. The zero-order chi connectivity index (χ0) is 15.9. The van der Waals surface area contributed by atoms with Crippen LogP contribution in [0.1, 0.15) is 18.7 Å². The standard InChI is InChI=1S/C15H13F2N5O/c16-15(17)7-9(8-15)6-11-18-14(21-23-11)13-12(19-22-20-13)10-4-2-1-3-5-10/h1-5,9H,6-8H2,(H,19,20,22). The lowest BCUT2D eigenvalue weighted by Crippen LogP contribution is -2.36. The van der Waals surface area contributed by atoms with E-state index in [0.717, 1.165) is 5.56 Å². The molecular weight excluding hydrogens is 304 g/mol. The number of halogens is 2. The van der Waals surface area contributed by atoms with Gasteiger partial charge in [-0.05, 0) is 5.92 Å². The first-order valence-electron chi connectivity index (χ1n) is 7.28. The molecule has 0 saturated heterocycles. The Labute approximate surface area is 129 Å². The van der Waals surface area contributed by atoms with Crippen molar-refractivity contribution in [1.29, 1.82) is 0 Å². The maximum atomic E-state index is 12.9. The molecule has 0 amide bonds. The first kappa shape index (κ1) is 14.0. The molecule has 2 aromatic heterocycles. The minimum absolute atomic E-state index is 0.107. The number of hydrogen-bond acceptors (Lipinski definition) is 5. The molecule has 0 bridgehead atoms. The van der Waals surface area contributed by atoms with Gasteiger partial charge in [0, 0.05) is 24.8 Å². The summed E-state index contributed by atoms with van der Waals surface area (Å²) < 4.78 is 30.9. The van der Waals surface area contributed by atoms with E-state index in [1.165, 1.54) is 0 Å². The Morgan fingerprint density at radius 1 is 1.13 bits per heavy atom. The Kier molecular flexibility index (Phi) is 3.17. The van der Waals surface area contributed by atoms with Gasteiger partial charge in [-0.1, -0.05) is 35.5 Å². The van der Waals surface area contributed by atoms with Crippen LogP contribution in [-0.4, -0.2) is 31.5 Å². The molecule has 1 aliphatic rings. The number of alkyl halides is 2. The van der Waals surface area contributed by atoms with Crippen molar-refractivity contribution < 1.29 is 13.3 Å². The molecule has 0 spiro atoms. The molecule has 0 atom stereocenters. The molecule has 4 rings (SSSR count). The number of benzene rings is 1. The van der Waals surface area contributed by atoms with E-state index in [1.54, 1.807) is 0 Å². The van der Waals surface area contributed by atoms with Gasteiger partial charge < -0.3 is 4.52 Å². The molecule has 1 N–H and O–H groups in total. The molecule has 6 nitrogen and oxygen atoms in total. The van der Waals surface area contributed by atoms with E-state index >= 15 is 0 Å². The molecule has 1 saturated carbocycles. The van der Waals surface area contributed by atoms with E-state index in [-0.39, 0.29) is 18.8 Å². The minimum Gasteiger partial charge on any atom is -0.339 e. The van der Waals surface area contributed by atoms with Crippen molar-refractivity contribution in [3.05, 3.63) is 36.2 Å². The molecule has 0 radical (unpaired) electrons. The van der Waals surface area contributed by atoms with Crippen LogP contribution in [0.2, 0.25) is 0 Å². The van der Waals surface area contributed by atoms with Gasteiger partial charge >= 0.3 is 0 Å². The lowest BCUT2D eigenvalue weighted by Gasteiger charge is -2.33. The van der Waals surface area contributed by atoms with Crippen molar-refractivity contribution in [2.45, 2.75) is 25.2 Å². The first-order chi connectivity index (χ1) is 11.1. The second-order valence-corrected chi connectivity index (χ2v) is 5.73. The molecular formula is C15H13F2N5O. The van der Waals surface area contributed by atoms with E-state index < -0.39 is 5.92 Å². The normalized spacial score (nSPS) is 17.1. The van der Waals surface area contributed by atoms with Crippen LogP contribution < -0.4 is 0 Å². The Morgan fingerprint density at radius 2 is 1.87 bits per heavy atom. The van der Waals surface area contributed by atoms with Gasteiger partial charge in [0.25, 0.3) is 0 Å². The minimum atomic E-state index is -2.54.